The number of carboxylic acids is 1. The van der Waals surface area contributed by atoms with Crippen molar-refractivity contribution in [2.75, 3.05) is 6.61 Å². The summed E-state index contributed by atoms with van der Waals surface area (Å²) in [5.74, 6) is 0.459. The van der Waals surface area contributed by atoms with Crippen LogP contribution in [0.4, 0.5) is 0 Å². The van der Waals surface area contributed by atoms with E-state index >= 15 is 0 Å². The lowest BCUT2D eigenvalue weighted by Gasteiger charge is -2.09. The molecule has 0 atom stereocenters. The first-order valence-corrected chi connectivity index (χ1v) is 7.51. The van der Waals surface area contributed by atoms with E-state index in [0.717, 1.165) is 23.6 Å². The first-order chi connectivity index (χ1) is 8.70. The van der Waals surface area contributed by atoms with Crippen LogP contribution >= 0.6 is 11.3 Å². The van der Waals surface area contributed by atoms with Crippen LogP contribution in [-0.2, 0) is 6.42 Å². The molecule has 2 rings (SSSR count). The number of ether oxygens (including phenoxy) is 1. The molecule has 0 aliphatic heterocycles. The Kier molecular flexibility index (Phi) is 4.64. The van der Waals surface area contributed by atoms with E-state index in [1.165, 1.54) is 37.0 Å². The maximum atomic E-state index is 11.1. The summed E-state index contributed by atoms with van der Waals surface area (Å²) in [5.41, 5.74) is 0. The second kappa shape index (κ2) is 6.23. The van der Waals surface area contributed by atoms with Crippen molar-refractivity contribution < 1.29 is 14.6 Å². The fourth-order valence-corrected chi connectivity index (χ4v) is 3.37. The number of carbonyl (C=O) groups is 1. The van der Waals surface area contributed by atoms with Crippen LogP contribution in [0.2, 0.25) is 0 Å². The van der Waals surface area contributed by atoms with Crippen molar-refractivity contribution in [3.8, 4) is 5.75 Å². The number of rotatable bonds is 6. The van der Waals surface area contributed by atoms with Crippen molar-refractivity contribution in [2.24, 2.45) is 5.92 Å². The maximum absolute atomic E-state index is 11.1. The molecule has 100 valence electrons. The molecule has 1 aromatic heterocycles. The monoisotopic (exact) mass is 268 g/mol. The fraction of sp³-hybridized carbons (Fsp3) is 0.643. The van der Waals surface area contributed by atoms with Crippen LogP contribution in [0, 0.1) is 5.92 Å². The van der Waals surface area contributed by atoms with E-state index in [0.29, 0.717) is 17.2 Å². The van der Waals surface area contributed by atoms with Gasteiger partial charge in [-0.2, -0.15) is 0 Å². The maximum Gasteiger partial charge on any atom is 0.349 e. The standard InChI is InChI=1S/C14H20O3S/c1-2-11-9-12(13(18-11)14(15)16)17-8-7-10-5-3-4-6-10/h9-10H,2-8H2,1H3,(H,15,16). The molecule has 18 heavy (non-hydrogen) atoms. The number of thiophene rings is 1. The molecule has 1 aromatic rings. The highest BCUT2D eigenvalue weighted by molar-refractivity contribution is 7.14. The molecule has 0 amide bonds. The van der Waals surface area contributed by atoms with E-state index in [1.807, 2.05) is 13.0 Å². The number of carboxylic acid groups (broad SMARTS) is 1. The lowest BCUT2D eigenvalue weighted by molar-refractivity contribution is 0.0698. The molecular formula is C14H20O3S. The summed E-state index contributed by atoms with van der Waals surface area (Å²) in [6.45, 7) is 2.67. The van der Waals surface area contributed by atoms with Crippen LogP contribution in [-0.4, -0.2) is 17.7 Å². The number of aryl methyl sites for hydroxylation is 1. The number of aromatic carboxylic acids is 1. The average molecular weight is 268 g/mol. The van der Waals surface area contributed by atoms with E-state index in [-0.39, 0.29) is 0 Å². The average Bonchev–Trinajstić information content (AvgIpc) is 2.97. The van der Waals surface area contributed by atoms with Crippen molar-refractivity contribution in [3.63, 3.8) is 0 Å². The lowest BCUT2D eigenvalue weighted by atomic mass is 10.1. The van der Waals surface area contributed by atoms with Gasteiger partial charge in [-0.15, -0.1) is 11.3 Å². The van der Waals surface area contributed by atoms with Gasteiger partial charge in [0.25, 0.3) is 0 Å². The molecule has 1 fully saturated rings. The molecule has 0 radical (unpaired) electrons. The third-order valence-electron chi connectivity index (χ3n) is 3.55. The number of hydrogen-bond acceptors (Lipinski definition) is 3. The zero-order valence-electron chi connectivity index (χ0n) is 10.8. The third-order valence-corrected chi connectivity index (χ3v) is 4.80. The first kappa shape index (κ1) is 13.4. The Hall–Kier alpha value is -1.03. The smallest absolute Gasteiger partial charge is 0.349 e. The van der Waals surface area contributed by atoms with E-state index in [4.69, 9.17) is 9.84 Å². The summed E-state index contributed by atoms with van der Waals surface area (Å²) in [7, 11) is 0. The van der Waals surface area contributed by atoms with Crippen LogP contribution in [0.3, 0.4) is 0 Å². The molecule has 1 aliphatic rings. The Morgan fingerprint density at radius 2 is 2.22 bits per heavy atom. The Bertz CT molecular complexity index is 405. The van der Waals surface area contributed by atoms with E-state index in [9.17, 15) is 4.79 Å². The highest BCUT2D eigenvalue weighted by Crippen LogP contribution is 2.31. The second-order valence-electron chi connectivity index (χ2n) is 4.85. The van der Waals surface area contributed by atoms with E-state index < -0.39 is 5.97 Å². The van der Waals surface area contributed by atoms with Gasteiger partial charge in [-0.3, -0.25) is 0 Å². The SMILES string of the molecule is CCc1cc(OCCC2CCCC2)c(C(=O)O)s1. The van der Waals surface area contributed by atoms with Crippen LogP contribution in [0.1, 0.15) is 53.6 Å². The van der Waals surface area contributed by atoms with Gasteiger partial charge in [-0.05, 0) is 24.8 Å². The van der Waals surface area contributed by atoms with E-state index in [1.54, 1.807) is 0 Å². The molecule has 1 aliphatic carbocycles. The largest absolute Gasteiger partial charge is 0.492 e. The van der Waals surface area contributed by atoms with Gasteiger partial charge in [-0.1, -0.05) is 32.6 Å². The van der Waals surface area contributed by atoms with E-state index in [2.05, 4.69) is 0 Å². The minimum Gasteiger partial charge on any atom is -0.492 e. The molecular weight excluding hydrogens is 248 g/mol. The molecule has 0 aromatic carbocycles. The highest BCUT2D eigenvalue weighted by atomic mass is 32.1. The molecule has 1 N–H and O–H groups in total. The van der Waals surface area contributed by atoms with Gasteiger partial charge in [0.1, 0.15) is 5.75 Å². The van der Waals surface area contributed by atoms with Crippen molar-refractivity contribution in [2.45, 2.75) is 45.4 Å². The Balaban J connectivity index is 1.90. The van der Waals surface area contributed by atoms with Crippen molar-refractivity contribution in [1.29, 1.82) is 0 Å². The van der Waals surface area contributed by atoms with Crippen LogP contribution in [0.5, 0.6) is 5.75 Å². The summed E-state index contributed by atoms with van der Waals surface area (Å²) >= 11 is 1.33. The minimum atomic E-state index is -0.879. The van der Waals surface area contributed by atoms with Gasteiger partial charge in [0.2, 0.25) is 0 Å². The molecule has 3 nitrogen and oxygen atoms in total. The summed E-state index contributed by atoms with van der Waals surface area (Å²) in [4.78, 5) is 12.5. The zero-order chi connectivity index (χ0) is 13.0. The Morgan fingerprint density at radius 1 is 1.50 bits per heavy atom. The van der Waals surface area contributed by atoms with Gasteiger partial charge < -0.3 is 9.84 Å². The molecule has 1 saturated carbocycles. The molecule has 0 spiro atoms. The van der Waals surface area contributed by atoms with Crippen molar-refractivity contribution >= 4 is 17.3 Å². The molecule has 0 unspecified atom stereocenters. The minimum absolute atomic E-state index is 0.346. The summed E-state index contributed by atoms with van der Waals surface area (Å²) in [6, 6.07) is 1.88. The van der Waals surface area contributed by atoms with Gasteiger partial charge in [-0.25, -0.2) is 4.79 Å². The van der Waals surface area contributed by atoms with Gasteiger partial charge in [0, 0.05) is 4.88 Å². The quantitative estimate of drug-likeness (QED) is 0.849. The van der Waals surface area contributed by atoms with Crippen molar-refractivity contribution in [3.05, 3.63) is 15.8 Å². The summed E-state index contributed by atoms with van der Waals surface area (Å²) in [5, 5.41) is 9.12. The number of hydrogen-bond donors (Lipinski definition) is 1. The van der Waals surface area contributed by atoms with Crippen LogP contribution in [0.15, 0.2) is 6.07 Å². The van der Waals surface area contributed by atoms with Gasteiger partial charge >= 0.3 is 5.97 Å². The van der Waals surface area contributed by atoms with Crippen LogP contribution < -0.4 is 4.74 Å². The predicted octanol–water partition coefficient (Wildman–Crippen LogP) is 3.97. The van der Waals surface area contributed by atoms with Crippen LogP contribution in [0.25, 0.3) is 0 Å². The second-order valence-corrected chi connectivity index (χ2v) is 5.99. The summed E-state index contributed by atoms with van der Waals surface area (Å²) in [6.07, 6.45) is 7.19. The third kappa shape index (κ3) is 3.25. The predicted molar refractivity (Wildman–Crippen MR) is 72.7 cm³/mol. The van der Waals surface area contributed by atoms with Crippen molar-refractivity contribution in [1.82, 2.24) is 0 Å². The molecule has 1 heterocycles. The summed E-state index contributed by atoms with van der Waals surface area (Å²) < 4.78 is 5.67. The first-order valence-electron chi connectivity index (χ1n) is 6.69. The lowest BCUT2D eigenvalue weighted by Crippen LogP contribution is -2.05. The van der Waals surface area contributed by atoms with Gasteiger partial charge in [0.05, 0.1) is 6.61 Å². The Morgan fingerprint density at radius 3 is 2.83 bits per heavy atom. The normalized spacial score (nSPS) is 16.1. The Labute approximate surface area is 112 Å². The molecule has 4 heteroatoms. The molecule has 0 saturated heterocycles. The molecule has 0 bridgehead atoms. The zero-order valence-corrected chi connectivity index (χ0v) is 11.6. The highest BCUT2D eigenvalue weighted by Gasteiger charge is 2.18. The van der Waals surface area contributed by atoms with Gasteiger partial charge in [0.15, 0.2) is 4.88 Å². The fourth-order valence-electron chi connectivity index (χ4n) is 2.49. The topological polar surface area (TPSA) is 46.5 Å².